The van der Waals surface area contributed by atoms with Crippen LogP contribution in [-0.4, -0.2) is 30.0 Å². The van der Waals surface area contributed by atoms with Crippen LogP contribution in [0, 0.1) is 5.92 Å². The van der Waals surface area contributed by atoms with Crippen molar-refractivity contribution in [2.45, 2.75) is 32.8 Å². The molecule has 1 aliphatic rings. The predicted molar refractivity (Wildman–Crippen MR) is 87.2 cm³/mol. The van der Waals surface area contributed by atoms with Crippen LogP contribution in [-0.2, 0) is 12.8 Å². The van der Waals surface area contributed by atoms with Crippen molar-refractivity contribution >= 4 is 0 Å². The summed E-state index contributed by atoms with van der Waals surface area (Å²) in [5.41, 5.74) is 2.18. The Morgan fingerprint density at radius 1 is 1.22 bits per heavy atom. The molecule has 0 aliphatic carbocycles. The van der Waals surface area contributed by atoms with Crippen LogP contribution in [0.1, 0.15) is 25.1 Å². The van der Waals surface area contributed by atoms with E-state index in [9.17, 15) is 0 Å². The SMILES string of the molecule is COc1ccc2c(c1)OC[C@H](Cc1ccc(OC(C)C)nn1)C2. The first-order chi connectivity index (χ1) is 11.1. The van der Waals surface area contributed by atoms with Crippen molar-refractivity contribution in [2.75, 3.05) is 13.7 Å². The van der Waals surface area contributed by atoms with Gasteiger partial charge in [0.1, 0.15) is 11.5 Å². The lowest BCUT2D eigenvalue weighted by atomic mass is 9.92. The summed E-state index contributed by atoms with van der Waals surface area (Å²) >= 11 is 0. The highest BCUT2D eigenvalue weighted by Crippen LogP contribution is 2.31. The third-order valence-corrected chi connectivity index (χ3v) is 3.81. The first-order valence-corrected chi connectivity index (χ1v) is 7.93. The van der Waals surface area contributed by atoms with Gasteiger partial charge in [0.2, 0.25) is 5.88 Å². The van der Waals surface area contributed by atoms with Crippen LogP contribution in [0.25, 0.3) is 0 Å². The fourth-order valence-electron chi connectivity index (χ4n) is 2.73. The van der Waals surface area contributed by atoms with Gasteiger partial charge in [-0.1, -0.05) is 6.07 Å². The summed E-state index contributed by atoms with van der Waals surface area (Å²) in [5, 5.41) is 8.38. The number of ether oxygens (including phenoxy) is 3. The first kappa shape index (κ1) is 15.6. The van der Waals surface area contributed by atoms with Gasteiger partial charge in [0.15, 0.2) is 0 Å². The third kappa shape index (κ3) is 3.92. The number of hydrogen-bond acceptors (Lipinski definition) is 5. The quantitative estimate of drug-likeness (QED) is 0.849. The molecule has 1 aromatic heterocycles. The Kier molecular flexibility index (Phi) is 4.65. The normalized spacial score (nSPS) is 16.6. The Hall–Kier alpha value is -2.30. The van der Waals surface area contributed by atoms with E-state index in [4.69, 9.17) is 14.2 Å². The van der Waals surface area contributed by atoms with Crippen molar-refractivity contribution in [3.8, 4) is 17.4 Å². The molecule has 0 N–H and O–H groups in total. The standard InChI is InChI=1S/C18H22N2O3/c1-12(2)23-18-7-5-15(19-20-18)9-13-8-14-4-6-16(21-3)10-17(14)22-11-13/h4-7,10,12-13H,8-9,11H2,1-3H3/t13-/m0/s1. The third-order valence-electron chi connectivity index (χ3n) is 3.81. The van der Waals surface area contributed by atoms with Gasteiger partial charge in [0.25, 0.3) is 0 Å². The van der Waals surface area contributed by atoms with Crippen LogP contribution in [0.5, 0.6) is 17.4 Å². The average Bonchev–Trinajstić information content (AvgIpc) is 2.55. The molecule has 0 unspecified atom stereocenters. The minimum atomic E-state index is 0.107. The van der Waals surface area contributed by atoms with Crippen LogP contribution in [0.3, 0.4) is 0 Å². The van der Waals surface area contributed by atoms with Crippen molar-refractivity contribution in [1.29, 1.82) is 0 Å². The summed E-state index contributed by atoms with van der Waals surface area (Å²) in [4.78, 5) is 0. The lowest BCUT2D eigenvalue weighted by Gasteiger charge is -2.25. The van der Waals surface area contributed by atoms with Gasteiger partial charge in [-0.25, -0.2) is 0 Å². The molecular formula is C18H22N2O3. The zero-order valence-electron chi connectivity index (χ0n) is 13.8. The Bertz CT molecular complexity index is 656. The molecule has 2 heterocycles. The van der Waals surface area contributed by atoms with E-state index in [-0.39, 0.29) is 6.10 Å². The largest absolute Gasteiger partial charge is 0.497 e. The Balaban J connectivity index is 1.63. The number of benzene rings is 1. The second-order valence-corrected chi connectivity index (χ2v) is 6.09. The molecule has 0 saturated heterocycles. The molecule has 23 heavy (non-hydrogen) atoms. The van der Waals surface area contributed by atoms with Gasteiger partial charge in [-0.05, 0) is 44.4 Å². The summed E-state index contributed by atoms with van der Waals surface area (Å²) in [5.74, 6) is 2.73. The van der Waals surface area contributed by atoms with E-state index in [1.165, 1.54) is 5.56 Å². The Labute approximate surface area is 136 Å². The molecule has 0 saturated carbocycles. The zero-order valence-corrected chi connectivity index (χ0v) is 13.8. The molecule has 1 aliphatic heterocycles. The molecule has 0 fully saturated rings. The maximum atomic E-state index is 5.87. The van der Waals surface area contributed by atoms with Gasteiger partial charge in [0, 0.05) is 18.1 Å². The van der Waals surface area contributed by atoms with E-state index in [0.717, 1.165) is 30.0 Å². The highest BCUT2D eigenvalue weighted by atomic mass is 16.5. The van der Waals surface area contributed by atoms with Gasteiger partial charge < -0.3 is 14.2 Å². The molecule has 0 radical (unpaired) electrons. The van der Waals surface area contributed by atoms with Crippen molar-refractivity contribution in [2.24, 2.45) is 5.92 Å². The average molecular weight is 314 g/mol. The second kappa shape index (κ2) is 6.86. The van der Waals surface area contributed by atoms with Crippen LogP contribution >= 0.6 is 0 Å². The summed E-state index contributed by atoms with van der Waals surface area (Å²) in [6.07, 6.45) is 1.93. The van der Waals surface area contributed by atoms with Gasteiger partial charge in [0.05, 0.1) is 25.5 Å². The molecular weight excluding hydrogens is 292 g/mol. The lowest BCUT2D eigenvalue weighted by Crippen LogP contribution is -2.23. The molecule has 5 nitrogen and oxygen atoms in total. The molecule has 0 bridgehead atoms. The predicted octanol–water partition coefficient (Wildman–Crippen LogP) is 3.07. The molecule has 3 rings (SSSR count). The smallest absolute Gasteiger partial charge is 0.233 e. The van der Waals surface area contributed by atoms with E-state index >= 15 is 0 Å². The van der Waals surface area contributed by atoms with Crippen molar-refractivity contribution in [3.63, 3.8) is 0 Å². The minimum Gasteiger partial charge on any atom is -0.497 e. The highest BCUT2D eigenvalue weighted by molar-refractivity contribution is 5.42. The molecule has 1 aromatic carbocycles. The number of hydrogen-bond donors (Lipinski definition) is 0. The van der Waals surface area contributed by atoms with Gasteiger partial charge >= 0.3 is 0 Å². The Morgan fingerprint density at radius 3 is 2.78 bits per heavy atom. The number of fused-ring (bicyclic) bond motifs is 1. The van der Waals surface area contributed by atoms with Gasteiger partial charge in [-0.15, -0.1) is 5.10 Å². The number of rotatable bonds is 5. The molecule has 0 amide bonds. The van der Waals surface area contributed by atoms with Crippen LogP contribution in [0.4, 0.5) is 0 Å². The lowest BCUT2D eigenvalue weighted by molar-refractivity contribution is 0.217. The monoisotopic (exact) mass is 314 g/mol. The maximum Gasteiger partial charge on any atom is 0.233 e. The van der Waals surface area contributed by atoms with E-state index in [2.05, 4.69) is 16.3 Å². The molecule has 2 aromatic rings. The highest BCUT2D eigenvalue weighted by Gasteiger charge is 2.21. The second-order valence-electron chi connectivity index (χ2n) is 6.09. The Morgan fingerprint density at radius 2 is 2.09 bits per heavy atom. The molecule has 122 valence electrons. The number of nitrogens with zero attached hydrogens (tertiary/aromatic N) is 2. The van der Waals surface area contributed by atoms with Crippen LogP contribution in [0.2, 0.25) is 0 Å². The number of aromatic nitrogens is 2. The summed E-state index contributed by atoms with van der Waals surface area (Å²) in [7, 11) is 1.67. The van der Waals surface area contributed by atoms with E-state index in [1.54, 1.807) is 7.11 Å². The van der Waals surface area contributed by atoms with Gasteiger partial charge in [-0.3, -0.25) is 0 Å². The summed E-state index contributed by atoms with van der Waals surface area (Å²) in [6.45, 7) is 4.63. The van der Waals surface area contributed by atoms with E-state index in [0.29, 0.717) is 18.4 Å². The fraction of sp³-hybridized carbons (Fsp3) is 0.444. The van der Waals surface area contributed by atoms with E-state index < -0.39 is 0 Å². The topological polar surface area (TPSA) is 53.5 Å². The van der Waals surface area contributed by atoms with Crippen molar-refractivity contribution in [1.82, 2.24) is 10.2 Å². The fourth-order valence-corrected chi connectivity index (χ4v) is 2.73. The van der Waals surface area contributed by atoms with E-state index in [1.807, 2.05) is 38.1 Å². The molecule has 1 atom stereocenters. The summed E-state index contributed by atoms with van der Waals surface area (Å²) in [6, 6.07) is 9.86. The van der Waals surface area contributed by atoms with Crippen molar-refractivity contribution in [3.05, 3.63) is 41.6 Å². The molecule has 5 heteroatoms. The minimum absolute atomic E-state index is 0.107. The zero-order chi connectivity index (χ0) is 16.2. The first-order valence-electron chi connectivity index (χ1n) is 7.93. The van der Waals surface area contributed by atoms with Crippen LogP contribution in [0.15, 0.2) is 30.3 Å². The molecule has 0 spiro atoms. The summed E-state index contributed by atoms with van der Waals surface area (Å²) < 4.78 is 16.6. The van der Waals surface area contributed by atoms with Crippen LogP contribution < -0.4 is 14.2 Å². The number of methoxy groups -OCH3 is 1. The maximum absolute atomic E-state index is 5.87. The van der Waals surface area contributed by atoms with Crippen molar-refractivity contribution < 1.29 is 14.2 Å². The van der Waals surface area contributed by atoms with Gasteiger partial charge in [-0.2, -0.15) is 5.10 Å².